The molecule has 1 aromatic carbocycles. The van der Waals surface area contributed by atoms with E-state index < -0.39 is 0 Å². The number of aromatic nitrogens is 4. The van der Waals surface area contributed by atoms with Gasteiger partial charge in [0.1, 0.15) is 0 Å². The smallest absolute Gasteiger partial charge is 0.250 e. The summed E-state index contributed by atoms with van der Waals surface area (Å²) in [6.07, 6.45) is 1.88. The average Bonchev–Trinajstić information content (AvgIpc) is 3.19. The fourth-order valence-electron chi connectivity index (χ4n) is 3.52. The van der Waals surface area contributed by atoms with Crippen LogP contribution >= 0.6 is 0 Å². The Balaban J connectivity index is 1.50. The molecule has 132 valence electrons. The third-order valence-electron chi connectivity index (χ3n) is 4.83. The molecule has 8 heteroatoms. The van der Waals surface area contributed by atoms with Gasteiger partial charge in [0.2, 0.25) is 11.9 Å². The second-order valence-corrected chi connectivity index (χ2v) is 6.45. The van der Waals surface area contributed by atoms with E-state index in [1.54, 1.807) is 4.68 Å². The van der Waals surface area contributed by atoms with Crippen LogP contribution < -0.4 is 4.90 Å². The quantitative estimate of drug-likeness (QED) is 0.819. The summed E-state index contributed by atoms with van der Waals surface area (Å²) in [6, 6.07) is 9.83. The monoisotopic (exact) mass is 342 g/mol. The highest BCUT2D eigenvalue weighted by molar-refractivity contribution is 5.79. The van der Waals surface area contributed by atoms with Crippen molar-refractivity contribution in [2.45, 2.75) is 12.8 Å². The number of piperidine rings is 1. The van der Waals surface area contributed by atoms with Gasteiger partial charge >= 0.3 is 0 Å². The number of hydrogen-bond acceptors (Lipinski definition) is 6. The first-order chi connectivity index (χ1) is 12.3. The first kappa shape index (κ1) is 16.0. The van der Waals surface area contributed by atoms with Crippen LogP contribution in [0.4, 0.5) is 5.95 Å². The number of rotatable bonds is 3. The minimum absolute atomic E-state index is 0.00669. The van der Waals surface area contributed by atoms with E-state index in [1.165, 1.54) is 0 Å². The fourth-order valence-corrected chi connectivity index (χ4v) is 3.52. The third-order valence-corrected chi connectivity index (χ3v) is 4.83. The topological polar surface area (TPSA) is 76.4 Å². The fraction of sp³-hybridized carbons (Fsp3) is 0.529. The molecular formula is C17H22N6O2. The molecule has 2 aromatic rings. The molecule has 0 saturated carbocycles. The second kappa shape index (κ2) is 7.18. The minimum Gasteiger partial charge on any atom is -0.378 e. The van der Waals surface area contributed by atoms with E-state index in [0.29, 0.717) is 38.8 Å². The molecule has 2 fully saturated rings. The number of tetrazole rings is 1. The van der Waals surface area contributed by atoms with Crippen LogP contribution in [0.2, 0.25) is 0 Å². The van der Waals surface area contributed by atoms with Gasteiger partial charge in [0.15, 0.2) is 0 Å². The van der Waals surface area contributed by atoms with Crippen molar-refractivity contribution in [2.24, 2.45) is 5.92 Å². The van der Waals surface area contributed by atoms with E-state index in [2.05, 4.69) is 20.4 Å². The highest BCUT2D eigenvalue weighted by atomic mass is 16.5. The van der Waals surface area contributed by atoms with Crippen molar-refractivity contribution in [1.82, 2.24) is 25.1 Å². The molecule has 0 N–H and O–H groups in total. The van der Waals surface area contributed by atoms with Gasteiger partial charge in [-0.2, -0.15) is 4.68 Å². The van der Waals surface area contributed by atoms with Crippen LogP contribution in [-0.2, 0) is 9.53 Å². The Morgan fingerprint density at radius 3 is 2.72 bits per heavy atom. The van der Waals surface area contributed by atoms with Crippen molar-refractivity contribution in [3.05, 3.63) is 30.3 Å². The van der Waals surface area contributed by atoms with E-state index in [-0.39, 0.29) is 11.8 Å². The summed E-state index contributed by atoms with van der Waals surface area (Å²) in [5.74, 6) is 0.921. The molecule has 4 rings (SSSR count). The number of carbonyl (C=O) groups is 1. The number of para-hydroxylation sites is 1. The Labute approximate surface area is 146 Å². The summed E-state index contributed by atoms with van der Waals surface area (Å²) in [7, 11) is 0. The van der Waals surface area contributed by atoms with Crippen LogP contribution in [-0.4, -0.2) is 70.4 Å². The Morgan fingerprint density at radius 2 is 1.92 bits per heavy atom. The molecule has 25 heavy (non-hydrogen) atoms. The van der Waals surface area contributed by atoms with Crippen molar-refractivity contribution in [3.63, 3.8) is 0 Å². The van der Waals surface area contributed by atoms with Crippen LogP contribution in [0.1, 0.15) is 12.8 Å². The van der Waals surface area contributed by atoms with E-state index in [1.807, 2.05) is 35.2 Å². The van der Waals surface area contributed by atoms with Gasteiger partial charge in [-0.15, -0.1) is 0 Å². The number of nitrogens with zero attached hydrogens (tertiary/aromatic N) is 6. The SMILES string of the molecule is O=C([C@@H]1CCCN(c2nnnn2-c2ccccc2)C1)N1CCOCC1. The normalized spacial score (nSPS) is 21.4. The van der Waals surface area contributed by atoms with Crippen LogP contribution in [0.3, 0.4) is 0 Å². The van der Waals surface area contributed by atoms with E-state index in [0.717, 1.165) is 25.1 Å². The van der Waals surface area contributed by atoms with E-state index >= 15 is 0 Å². The van der Waals surface area contributed by atoms with Crippen molar-refractivity contribution >= 4 is 11.9 Å². The van der Waals surface area contributed by atoms with Gasteiger partial charge in [0.25, 0.3) is 0 Å². The minimum atomic E-state index is -0.00669. The van der Waals surface area contributed by atoms with Crippen LogP contribution in [0.25, 0.3) is 5.69 Å². The molecule has 0 radical (unpaired) electrons. The van der Waals surface area contributed by atoms with Gasteiger partial charge in [-0.05, 0) is 35.4 Å². The second-order valence-electron chi connectivity index (χ2n) is 6.45. The average molecular weight is 342 g/mol. The lowest BCUT2D eigenvalue weighted by atomic mass is 9.96. The number of anilines is 1. The predicted octanol–water partition coefficient (Wildman–Crippen LogP) is 0.737. The molecule has 0 aliphatic carbocycles. The van der Waals surface area contributed by atoms with E-state index in [4.69, 9.17) is 4.74 Å². The predicted molar refractivity (Wildman–Crippen MR) is 91.5 cm³/mol. The maximum absolute atomic E-state index is 12.8. The molecule has 2 aliphatic rings. The lowest BCUT2D eigenvalue weighted by molar-refractivity contribution is -0.139. The van der Waals surface area contributed by atoms with Crippen LogP contribution in [0.5, 0.6) is 0 Å². The maximum Gasteiger partial charge on any atom is 0.250 e. The number of amides is 1. The largest absolute Gasteiger partial charge is 0.378 e. The van der Waals surface area contributed by atoms with Gasteiger partial charge < -0.3 is 14.5 Å². The molecule has 0 unspecified atom stereocenters. The van der Waals surface area contributed by atoms with Gasteiger partial charge in [-0.1, -0.05) is 23.3 Å². The number of benzene rings is 1. The molecule has 0 spiro atoms. The molecule has 0 bridgehead atoms. The summed E-state index contributed by atoms with van der Waals surface area (Å²) < 4.78 is 7.09. The lowest BCUT2D eigenvalue weighted by Gasteiger charge is -2.36. The molecule has 2 aliphatic heterocycles. The molecule has 1 atom stereocenters. The summed E-state index contributed by atoms with van der Waals surface area (Å²) in [5.41, 5.74) is 0.920. The Hall–Kier alpha value is -2.48. The zero-order valence-electron chi connectivity index (χ0n) is 14.1. The molecule has 8 nitrogen and oxygen atoms in total. The summed E-state index contributed by atoms with van der Waals surface area (Å²) in [5, 5.41) is 12.2. The summed E-state index contributed by atoms with van der Waals surface area (Å²) in [6.45, 7) is 4.17. The third kappa shape index (κ3) is 3.34. The zero-order valence-corrected chi connectivity index (χ0v) is 14.1. The van der Waals surface area contributed by atoms with Crippen LogP contribution in [0.15, 0.2) is 30.3 Å². The molecule has 3 heterocycles. The molecule has 2 saturated heterocycles. The highest BCUT2D eigenvalue weighted by Gasteiger charge is 2.32. The lowest BCUT2D eigenvalue weighted by Crippen LogP contribution is -2.48. The van der Waals surface area contributed by atoms with Crippen LogP contribution in [0, 0.1) is 5.92 Å². The number of ether oxygens (including phenoxy) is 1. The standard InChI is InChI=1S/C17H22N6O2/c24-16(21-9-11-25-12-10-21)14-5-4-8-22(13-14)17-18-19-20-23(17)15-6-2-1-3-7-15/h1-3,6-7,14H,4-5,8-13H2/t14-/m1/s1. The van der Waals surface area contributed by atoms with Crippen molar-refractivity contribution in [1.29, 1.82) is 0 Å². The first-order valence-electron chi connectivity index (χ1n) is 8.78. The Kier molecular flexibility index (Phi) is 4.60. The van der Waals surface area contributed by atoms with Crippen molar-refractivity contribution in [2.75, 3.05) is 44.3 Å². The van der Waals surface area contributed by atoms with Crippen molar-refractivity contribution < 1.29 is 9.53 Å². The van der Waals surface area contributed by atoms with Gasteiger partial charge in [-0.3, -0.25) is 4.79 Å². The highest BCUT2D eigenvalue weighted by Crippen LogP contribution is 2.24. The van der Waals surface area contributed by atoms with Gasteiger partial charge in [-0.25, -0.2) is 0 Å². The first-order valence-corrected chi connectivity index (χ1v) is 8.78. The zero-order chi connectivity index (χ0) is 17.1. The number of carbonyl (C=O) groups excluding carboxylic acids is 1. The molecular weight excluding hydrogens is 320 g/mol. The number of hydrogen-bond donors (Lipinski definition) is 0. The maximum atomic E-state index is 12.8. The van der Waals surface area contributed by atoms with E-state index in [9.17, 15) is 4.79 Å². The summed E-state index contributed by atoms with van der Waals surface area (Å²) in [4.78, 5) is 16.9. The van der Waals surface area contributed by atoms with Crippen molar-refractivity contribution in [3.8, 4) is 5.69 Å². The molecule has 1 aromatic heterocycles. The van der Waals surface area contributed by atoms with Gasteiger partial charge in [0.05, 0.1) is 24.8 Å². The Morgan fingerprint density at radius 1 is 1.12 bits per heavy atom. The number of morpholine rings is 1. The van der Waals surface area contributed by atoms with Gasteiger partial charge in [0, 0.05) is 26.2 Å². The molecule has 1 amide bonds. The Bertz CT molecular complexity index is 713. The summed E-state index contributed by atoms with van der Waals surface area (Å²) >= 11 is 0.